The molecule has 0 aromatic carbocycles. The van der Waals surface area contributed by atoms with Crippen molar-refractivity contribution in [1.29, 1.82) is 0 Å². The van der Waals surface area contributed by atoms with Crippen LogP contribution in [0.4, 0.5) is 4.79 Å². The molecule has 2 saturated heterocycles. The van der Waals surface area contributed by atoms with Gasteiger partial charge in [-0.1, -0.05) is 6.07 Å². The van der Waals surface area contributed by atoms with Gasteiger partial charge in [-0.3, -0.25) is 4.79 Å². The molecule has 0 unspecified atom stereocenters. The van der Waals surface area contributed by atoms with Gasteiger partial charge in [0, 0.05) is 50.9 Å². The number of nitrogens with one attached hydrogen (secondary N) is 1. The van der Waals surface area contributed by atoms with Crippen LogP contribution < -0.4 is 10.1 Å². The Morgan fingerprint density at radius 3 is 2.31 bits per heavy atom. The van der Waals surface area contributed by atoms with Crippen molar-refractivity contribution in [2.24, 2.45) is 5.92 Å². The second-order valence-corrected chi connectivity index (χ2v) is 8.48. The first-order valence-corrected chi connectivity index (χ1v) is 11.1. The first-order chi connectivity index (χ1) is 14.2. The van der Waals surface area contributed by atoms with Crippen LogP contribution in [-0.2, 0) is 11.3 Å². The number of urea groups is 1. The van der Waals surface area contributed by atoms with E-state index in [4.69, 9.17) is 4.74 Å². The van der Waals surface area contributed by atoms with Crippen molar-refractivity contribution < 1.29 is 14.3 Å². The lowest BCUT2D eigenvalue weighted by molar-refractivity contribution is -0.126. The molecule has 1 N–H and O–H groups in total. The van der Waals surface area contributed by atoms with Crippen molar-refractivity contribution in [3.8, 4) is 5.88 Å². The van der Waals surface area contributed by atoms with E-state index in [-0.39, 0.29) is 17.9 Å². The highest BCUT2D eigenvalue weighted by Crippen LogP contribution is 2.23. The zero-order valence-corrected chi connectivity index (χ0v) is 17.1. The van der Waals surface area contributed by atoms with E-state index in [1.54, 1.807) is 6.20 Å². The van der Waals surface area contributed by atoms with Crippen LogP contribution in [0.15, 0.2) is 18.3 Å². The smallest absolute Gasteiger partial charge is 0.319 e. The third kappa shape index (κ3) is 5.19. The van der Waals surface area contributed by atoms with E-state index in [0.717, 1.165) is 57.2 Å². The summed E-state index contributed by atoms with van der Waals surface area (Å²) in [5.41, 5.74) is 0.971. The Balaban J connectivity index is 1.18. The van der Waals surface area contributed by atoms with Gasteiger partial charge in [0.05, 0.1) is 0 Å². The first kappa shape index (κ1) is 20.0. The fraction of sp³-hybridized carbons (Fsp3) is 0.682. The molecule has 29 heavy (non-hydrogen) atoms. The van der Waals surface area contributed by atoms with Gasteiger partial charge in [-0.2, -0.15) is 0 Å². The van der Waals surface area contributed by atoms with E-state index in [9.17, 15) is 9.59 Å². The van der Waals surface area contributed by atoms with Gasteiger partial charge in [-0.25, -0.2) is 9.78 Å². The number of piperidine rings is 1. The molecule has 1 aromatic heterocycles. The number of aromatic nitrogens is 1. The third-order valence-corrected chi connectivity index (χ3v) is 6.37. The topological polar surface area (TPSA) is 74.8 Å². The maximum Gasteiger partial charge on any atom is 0.319 e. The summed E-state index contributed by atoms with van der Waals surface area (Å²) in [5.74, 6) is 0.724. The molecule has 7 heteroatoms. The number of nitrogens with zero attached hydrogens (tertiary/aromatic N) is 3. The molecule has 158 valence electrons. The Labute approximate surface area is 172 Å². The fourth-order valence-corrected chi connectivity index (χ4v) is 4.54. The second-order valence-electron chi connectivity index (χ2n) is 8.48. The molecule has 1 saturated carbocycles. The van der Waals surface area contributed by atoms with Crippen LogP contribution in [0.1, 0.15) is 56.9 Å². The van der Waals surface area contributed by atoms with E-state index >= 15 is 0 Å². The van der Waals surface area contributed by atoms with Gasteiger partial charge in [-0.05, 0) is 56.9 Å². The fourth-order valence-electron chi connectivity index (χ4n) is 4.54. The summed E-state index contributed by atoms with van der Waals surface area (Å²) in [5, 5.41) is 3.03. The molecule has 4 rings (SSSR count). The number of hydrogen-bond acceptors (Lipinski definition) is 4. The summed E-state index contributed by atoms with van der Waals surface area (Å²) < 4.78 is 5.88. The molecule has 2 aliphatic heterocycles. The van der Waals surface area contributed by atoms with Crippen molar-refractivity contribution >= 4 is 11.9 Å². The molecule has 0 spiro atoms. The number of likely N-dealkylation sites (tertiary alicyclic amines) is 2. The molecule has 3 fully saturated rings. The molecule has 3 heterocycles. The molecule has 3 aliphatic rings. The molecular weight excluding hydrogens is 368 g/mol. The van der Waals surface area contributed by atoms with Crippen LogP contribution in [0, 0.1) is 5.92 Å². The Kier molecular flexibility index (Phi) is 6.52. The second kappa shape index (κ2) is 9.46. The van der Waals surface area contributed by atoms with E-state index in [1.165, 1.54) is 12.8 Å². The number of amides is 3. The average molecular weight is 401 g/mol. The van der Waals surface area contributed by atoms with Crippen molar-refractivity contribution in [3.05, 3.63) is 23.9 Å². The number of carbonyl (C=O) groups excluding carboxylic acids is 2. The minimum Gasteiger partial charge on any atom is -0.474 e. The lowest BCUT2D eigenvalue weighted by atomic mass is 9.96. The van der Waals surface area contributed by atoms with Gasteiger partial charge < -0.3 is 19.9 Å². The molecule has 3 amide bonds. The Morgan fingerprint density at radius 2 is 1.66 bits per heavy atom. The zero-order valence-electron chi connectivity index (χ0n) is 17.1. The summed E-state index contributed by atoms with van der Waals surface area (Å²) in [4.78, 5) is 33.2. The van der Waals surface area contributed by atoms with Crippen molar-refractivity contribution in [2.45, 2.75) is 64.0 Å². The van der Waals surface area contributed by atoms with Gasteiger partial charge in [0.25, 0.3) is 0 Å². The van der Waals surface area contributed by atoms with Gasteiger partial charge >= 0.3 is 6.03 Å². The Hall–Kier alpha value is -2.31. The highest BCUT2D eigenvalue weighted by atomic mass is 16.5. The third-order valence-electron chi connectivity index (χ3n) is 6.37. The minimum absolute atomic E-state index is 0.0180. The molecular formula is C22H32N4O3. The average Bonchev–Trinajstić information content (AvgIpc) is 3.47. The van der Waals surface area contributed by atoms with Crippen molar-refractivity contribution in [3.63, 3.8) is 0 Å². The van der Waals surface area contributed by atoms with E-state index in [0.29, 0.717) is 31.6 Å². The van der Waals surface area contributed by atoms with Crippen LogP contribution in [-0.4, -0.2) is 59.0 Å². The molecule has 1 aromatic rings. The van der Waals surface area contributed by atoms with Crippen molar-refractivity contribution in [1.82, 2.24) is 20.1 Å². The summed E-state index contributed by atoms with van der Waals surface area (Å²) in [6, 6.07) is 4.00. The lowest BCUT2D eigenvalue weighted by Crippen LogP contribution is -2.47. The van der Waals surface area contributed by atoms with Crippen LogP contribution in [0.3, 0.4) is 0 Å². The van der Waals surface area contributed by atoms with Gasteiger partial charge in [-0.15, -0.1) is 0 Å². The minimum atomic E-state index is -0.0180. The quantitative estimate of drug-likeness (QED) is 0.825. The predicted octanol–water partition coefficient (Wildman–Crippen LogP) is 2.95. The van der Waals surface area contributed by atoms with Crippen molar-refractivity contribution in [2.75, 3.05) is 26.2 Å². The van der Waals surface area contributed by atoms with Crippen LogP contribution in [0.2, 0.25) is 0 Å². The number of carbonyl (C=O) groups is 2. The van der Waals surface area contributed by atoms with Gasteiger partial charge in [0.1, 0.15) is 6.10 Å². The molecule has 7 nitrogen and oxygen atoms in total. The van der Waals surface area contributed by atoms with Crippen LogP contribution >= 0.6 is 0 Å². The number of rotatable bonds is 5. The lowest BCUT2D eigenvalue weighted by Gasteiger charge is -2.34. The number of pyridine rings is 1. The standard InChI is InChI=1S/C22H32N4O3/c27-21(18-9-13-26(14-10-18)22(28)25-11-3-4-12-25)24-16-17-7-8-20(23-15-17)29-19-5-1-2-6-19/h7-8,15,18-19H,1-6,9-14,16H2,(H,24,27). The molecule has 0 atom stereocenters. The monoisotopic (exact) mass is 400 g/mol. The summed E-state index contributed by atoms with van der Waals surface area (Å²) in [7, 11) is 0. The Morgan fingerprint density at radius 1 is 0.966 bits per heavy atom. The predicted molar refractivity (Wildman–Crippen MR) is 109 cm³/mol. The highest BCUT2D eigenvalue weighted by Gasteiger charge is 2.30. The van der Waals surface area contributed by atoms with Crippen LogP contribution in [0.25, 0.3) is 0 Å². The maximum absolute atomic E-state index is 12.5. The Bertz CT molecular complexity index is 689. The molecule has 0 bridgehead atoms. The maximum atomic E-state index is 12.5. The zero-order chi connectivity index (χ0) is 20.1. The van der Waals surface area contributed by atoms with Crippen LogP contribution in [0.5, 0.6) is 5.88 Å². The van der Waals surface area contributed by atoms with E-state index in [1.807, 2.05) is 21.9 Å². The summed E-state index contributed by atoms with van der Waals surface area (Å²) in [6.07, 6.45) is 10.5. The SMILES string of the molecule is O=C(NCc1ccc(OC2CCCC2)nc1)C1CCN(C(=O)N2CCCC2)CC1. The normalized spacial score (nSPS) is 20.8. The highest BCUT2D eigenvalue weighted by molar-refractivity contribution is 5.79. The number of ether oxygens (including phenoxy) is 1. The first-order valence-electron chi connectivity index (χ1n) is 11.1. The molecule has 1 aliphatic carbocycles. The van der Waals surface area contributed by atoms with E-state index < -0.39 is 0 Å². The van der Waals surface area contributed by atoms with Gasteiger partial charge in [0.15, 0.2) is 0 Å². The van der Waals surface area contributed by atoms with Gasteiger partial charge in [0.2, 0.25) is 11.8 Å². The summed E-state index contributed by atoms with van der Waals surface area (Å²) >= 11 is 0. The summed E-state index contributed by atoms with van der Waals surface area (Å²) in [6.45, 7) is 3.56. The van der Waals surface area contributed by atoms with E-state index in [2.05, 4.69) is 10.3 Å². The molecule has 0 radical (unpaired) electrons. The largest absolute Gasteiger partial charge is 0.474 e. The number of hydrogen-bond donors (Lipinski definition) is 1.